The standard InChI is InChI=1S/C14H14ClN5O2/c1-8(2)6-19-7-9(15)13-10(19)5-11(17-18-13)20-4-3-12(21)16-14(20)22/h3-5,7-8H,6H2,1-2H3,(H,16,21,22). The Hall–Kier alpha value is -2.41. The van der Waals surface area contributed by atoms with Crippen LogP contribution < -0.4 is 11.2 Å². The van der Waals surface area contributed by atoms with E-state index >= 15 is 0 Å². The van der Waals surface area contributed by atoms with Gasteiger partial charge in [0.15, 0.2) is 5.82 Å². The van der Waals surface area contributed by atoms with Crippen molar-refractivity contribution in [2.75, 3.05) is 0 Å². The smallest absolute Gasteiger partial charge is 0.334 e. The van der Waals surface area contributed by atoms with Crippen molar-refractivity contribution >= 4 is 22.6 Å². The number of fused-ring (bicyclic) bond motifs is 1. The van der Waals surface area contributed by atoms with E-state index in [-0.39, 0.29) is 0 Å². The van der Waals surface area contributed by atoms with Crippen molar-refractivity contribution in [3.05, 3.63) is 50.4 Å². The van der Waals surface area contributed by atoms with Gasteiger partial charge < -0.3 is 4.57 Å². The van der Waals surface area contributed by atoms with Crippen LogP contribution in [0, 0.1) is 5.92 Å². The Bertz CT molecular complexity index is 954. The van der Waals surface area contributed by atoms with Gasteiger partial charge in [-0.3, -0.25) is 14.3 Å². The average molecular weight is 320 g/mol. The molecule has 0 fully saturated rings. The second kappa shape index (κ2) is 5.42. The minimum Gasteiger partial charge on any atom is -0.344 e. The SMILES string of the molecule is CC(C)Cn1cc(Cl)c2nnc(-n3ccc(=O)[nH]c3=O)cc21. The van der Waals surface area contributed by atoms with Gasteiger partial charge in [0.1, 0.15) is 5.52 Å². The Labute approximate surface area is 130 Å². The highest BCUT2D eigenvalue weighted by Gasteiger charge is 2.12. The Kier molecular flexibility index (Phi) is 3.58. The van der Waals surface area contributed by atoms with E-state index in [0.29, 0.717) is 22.3 Å². The summed E-state index contributed by atoms with van der Waals surface area (Å²) in [6.07, 6.45) is 3.18. The van der Waals surface area contributed by atoms with E-state index in [0.717, 1.165) is 12.1 Å². The molecule has 0 aromatic carbocycles. The summed E-state index contributed by atoms with van der Waals surface area (Å²) < 4.78 is 3.21. The first kappa shape index (κ1) is 14.5. The summed E-state index contributed by atoms with van der Waals surface area (Å²) in [5.41, 5.74) is 0.362. The van der Waals surface area contributed by atoms with E-state index in [4.69, 9.17) is 11.6 Å². The predicted molar refractivity (Wildman–Crippen MR) is 83.6 cm³/mol. The summed E-state index contributed by atoms with van der Waals surface area (Å²) in [5, 5.41) is 8.63. The van der Waals surface area contributed by atoms with Crippen LogP contribution in [0.4, 0.5) is 0 Å². The van der Waals surface area contributed by atoms with Crippen molar-refractivity contribution in [3.63, 3.8) is 0 Å². The van der Waals surface area contributed by atoms with Crippen LogP contribution in [-0.4, -0.2) is 24.3 Å². The van der Waals surface area contributed by atoms with Gasteiger partial charge in [-0.1, -0.05) is 25.4 Å². The van der Waals surface area contributed by atoms with Crippen LogP contribution in [-0.2, 0) is 6.54 Å². The van der Waals surface area contributed by atoms with Gasteiger partial charge in [-0.2, -0.15) is 0 Å². The van der Waals surface area contributed by atoms with E-state index in [2.05, 4.69) is 29.0 Å². The maximum Gasteiger partial charge on any atom is 0.334 e. The highest BCUT2D eigenvalue weighted by atomic mass is 35.5. The molecule has 3 rings (SSSR count). The van der Waals surface area contributed by atoms with Crippen molar-refractivity contribution in [3.8, 4) is 5.82 Å². The first-order valence-electron chi connectivity index (χ1n) is 6.80. The van der Waals surface area contributed by atoms with Gasteiger partial charge in [0, 0.05) is 31.1 Å². The molecule has 7 nitrogen and oxygen atoms in total. The van der Waals surface area contributed by atoms with Gasteiger partial charge >= 0.3 is 5.69 Å². The molecule has 0 bridgehead atoms. The average Bonchev–Trinajstić information content (AvgIpc) is 2.74. The van der Waals surface area contributed by atoms with Crippen molar-refractivity contribution in [1.29, 1.82) is 0 Å². The van der Waals surface area contributed by atoms with Gasteiger partial charge in [0.25, 0.3) is 5.56 Å². The van der Waals surface area contributed by atoms with Gasteiger partial charge in [-0.05, 0) is 5.92 Å². The molecule has 0 aliphatic rings. The summed E-state index contributed by atoms with van der Waals surface area (Å²) in [6.45, 7) is 4.97. The normalized spacial score (nSPS) is 11.5. The predicted octanol–water partition coefficient (Wildman–Crippen LogP) is 1.58. The van der Waals surface area contributed by atoms with E-state index in [9.17, 15) is 9.59 Å². The fraction of sp³-hybridized carbons (Fsp3) is 0.286. The monoisotopic (exact) mass is 319 g/mol. The number of nitrogens with one attached hydrogen (secondary N) is 1. The van der Waals surface area contributed by atoms with Crippen LogP contribution in [0.15, 0.2) is 34.1 Å². The Morgan fingerprint density at radius 2 is 2.09 bits per heavy atom. The van der Waals surface area contributed by atoms with Crippen molar-refractivity contribution in [1.82, 2.24) is 24.3 Å². The molecule has 22 heavy (non-hydrogen) atoms. The van der Waals surface area contributed by atoms with Crippen LogP contribution >= 0.6 is 11.6 Å². The Morgan fingerprint density at radius 1 is 1.32 bits per heavy atom. The van der Waals surface area contributed by atoms with E-state index < -0.39 is 11.2 Å². The van der Waals surface area contributed by atoms with Crippen LogP contribution in [0.25, 0.3) is 16.9 Å². The van der Waals surface area contributed by atoms with Crippen LogP contribution in [0.2, 0.25) is 5.02 Å². The molecule has 0 saturated carbocycles. The molecule has 3 heterocycles. The molecule has 114 valence electrons. The summed E-state index contributed by atoms with van der Waals surface area (Å²) in [7, 11) is 0. The van der Waals surface area contributed by atoms with E-state index in [1.807, 2.05) is 4.57 Å². The summed E-state index contributed by atoms with van der Waals surface area (Å²) in [6, 6.07) is 2.99. The molecular formula is C14H14ClN5O2. The molecule has 0 radical (unpaired) electrons. The number of halogens is 1. The van der Waals surface area contributed by atoms with Gasteiger partial charge in [0.2, 0.25) is 0 Å². The molecule has 0 spiro atoms. The minimum atomic E-state index is -0.561. The second-order valence-corrected chi connectivity index (χ2v) is 5.85. The van der Waals surface area contributed by atoms with Gasteiger partial charge in [-0.15, -0.1) is 10.2 Å². The highest BCUT2D eigenvalue weighted by molar-refractivity contribution is 6.35. The number of hydrogen-bond donors (Lipinski definition) is 1. The lowest BCUT2D eigenvalue weighted by molar-refractivity contribution is 0.535. The minimum absolute atomic E-state index is 0.327. The maximum absolute atomic E-state index is 11.9. The molecule has 3 aromatic rings. The molecule has 0 aliphatic carbocycles. The molecule has 0 saturated heterocycles. The lowest BCUT2D eigenvalue weighted by Crippen LogP contribution is -2.28. The number of hydrogen-bond acceptors (Lipinski definition) is 4. The van der Waals surface area contributed by atoms with Gasteiger partial charge in [-0.25, -0.2) is 4.79 Å². The van der Waals surface area contributed by atoms with E-state index in [1.165, 1.54) is 16.8 Å². The highest BCUT2D eigenvalue weighted by Crippen LogP contribution is 2.25. The number of nitrogens with zero attached hydrogens (tertiary/aromatic N) is 4. The third-order valence-electron chi connectivity index (χ3n) is 3.20. The van der Waals surface area contributed by atoms with Crippen LogP contribution in [0.1, 0.15) is 13.8 Å². The zero-order valence-electron chi connectivity index (χ0n) is 12.1. The number of rotatable bonds is 3. The molecular weight excluding hydrogens is 306 g/mol. The van der Waals surface area contributed by atoms with Crippen molar-refractivity contribution < 1.29 is 0 Å². The number of aromatic nitrogens is 5. The zero-order valence-corrected chi connectivity index (χ0v) is 12.8. The molecule has 0 atom stereocenters. The third kappa shape index (κ3) is 2.55. The van der Waals surface area contributed by atoms with Crippen LogP contribution in [0.3, 0.4) is 0 Å². The quantitative estimate of drug-likeness (QED) is 0.794. The summed E-state index contributed by atoms with van der Waals surface area (Å²) in [5.74, 6) is 0.757. The number of H-pyrrole nitrogens is 1. The van der Waals surface area contributed by atoms with Crippen molar-refractivity contribution in [2.24, 2.45) is 5.92 Å². The molecule has 0 aliphatic heterocycles. The first-order valence-corrected chi connectivity index (χ1v) is 7.18. The maximum atomic E-state index is 11.9. The van der Waals surface area contributed by atoms with Crippen molar-refractivity contribution in [2.45, 2.75) is 20.4 Å². The number of aromatic amines is 1. The largest absolute Gasteiger partial charge is 0.344 e. The summed E-state index contributed by atoms with van der Waals surface area (Å²) >= 11 is 6.17. The van der Waals surface area contributed by atoms with E-state index in [1.54, 1.807) is 12.3 Å². The second-order valence-electron chi connectivity index (χ2n) is 5.44. The Morgan fingerprint density at radius 3 is 2.77 bits per heavy atom. The molecule has 0 unspecified atom stereocenters. The fourth-order valence-corrected chi connectivity index (χ4v) is 2.54. The zero-order chi connectivity index (χ0) is 15.9. The molecule has 0 amide bonds. The lowest BCUT2D eigenvalue weighted by atomic mass is 10.2. The molecule has 8 heteroatoms. The summed E-state index contributed by atoms with van der Waals surface area (Å²) in [4.78, 5) is 25.2. The Balaban J connectivity index is 2.20. The third-order valence-corrected chi connectivity index (χ3v) is 3.47. The van der Waals surface area contributed by atoms with Gasteiger partial charge in [0.05, 0.1) is 10.5 Å². The topological polar surface area (TPSA) is 85.6 Å². The molecule has 1 N–H and O–H groups in total. The molecule has 3 aromatic heterocycles. The fourth-order valence-electron chi connectivity index (χ4n) is 2.29. The lowest BCUT2D eigenvalue weighted by Gasteiger charge is -2.08. The first-order chi connectivity index (χ1) is 10.5. The van der Waals surface area contributed by atoms with Crippen LogP contribution in [0.5, 0.6) is 0 Å².